The van der Waals surface area contributed by atoms with Gasteiger partial charge in [-0.15, -0.1) is 0 Å². The first kappa shape index (κ1) is 26.3. The van der Waals surface area contributed by atoms with E-state index in [-0.39, 0.29) is 24.7 Å². The Labute approximate surface area is 208 Å². The number of amides is 1. The van der Waals surface area contributed by atoms with Gasteiger partial charge >= 0.3 is 0 Å². The molecule has 1 aromatic carbocycles. The molecule has 33 heavy (non-hydrogen) atoms. The second-order valence-electron chi connectivity index (χ2n) is 6.43. The van der Waals surface area contributed by atoms with Gasteiger partial charge in [0.2, 0.25) is 5.88 Å². The number of hydrazone groups is 1. The molecule has 1 aromatic heterocycles. The number of carbonyl (C=O) groups excluding carboxylic acids is 1. The summed E-state index contributed by atoms with van der Waals surface area (Å²) in [7, 11) is 3.04. The molecule has 1 N–H and O–H groups in total. The Kier molecular flexibility index (Phi) is 10.3. The minimum atomic E-state index is -0.525. The van der Waals surface area contributed by atoms with Crippen molar-refractivity contribution in [3.63, 3.8) is 0 Å². The second kappa shape index (κ2) is 12.9. The fraction of sp³-hybridized carbons (Fsp3) is 0.273. The molecule has 0 aliphatic rings. The molecule has 0 bridgehead atoms. The average molecular weight is 582 g/mol. The largest absolute Gasteiger partial charge is 0.493 e. The molecule has 174 valence electrons. The monoisotopic (exact) mass is 580 g/mol. The van der Waals surface area contributed by atoms with Crippen molar-refractivity contribution in [1.29, 1.82) is 5.26 Å². The molecule has 0 saturated carbocycles. The molecular formula is C22H22Br2N4O5. The summed E-state index contributed by atoms with van der Waals surface area (Å²) in [6.07, 6.45) is 3.07. The molecule has 0 fully saturated rings. The lowest BCUT2D eigenvalue weighted by Gasteiger charge is -2.13. The third kappa shape index (κ3) is 7.02. The van der Waals surface area contributed by atoms with Crippen molar-refractivity contribution in [1.82, 2.24) is 10.4 Å². The highest BCUT2D eigenvalue weighted by Gasteiger charge is 2.18. The number of hydrogen-bond acceptors (Lipinski definition) is 8. The molecule has 2 aromatic rings. The second-order valence-corrected chi connectivity index (χ2v) is 8.08. The predicted molar refractivity (Wildman–Crippen MR) is 130 cm³/mol. The highest BCUT2D eigenvalue weighted by atomic mass is 79.9. The highest BCUT2D eigenvalue weighted by Crippen LogP contribution is 2.36. The predicted octanol–water partition coefficient (Wildman–Crippen LogP) is 4.04. The van der Waals surface area contributed by atoms with Gasteiger partial charge in [-0.2, -0.15) is 10.4 Å². The summed E-state index contributed by atoms with van der Waals surface area (Å²) >= 11 is 6.83. The number of nitrogens with zero attached hydrogens (tertiary/aromatic N) is 3. The smallest absolute Gasteiger partial charge is 0.278 e. The van der Waals surface area contributed by atoms with Crippen LogP contribution < -0.4 is 19.6 Å². The number of nitriles is 1. The van der Waals surface area contributed by atoms with Crippen LogP contribution in [0.2, 0.25) is 0 Å². The third-order valence-corrected chi connectivity index (χ3v) is 5.75. The molecule has 0 unspecified atom stereocenters. The maximum Gasteiger partial charge on any atom is 0.278 e. The molecule has 0 saturated heterocycles. The highest BCUT2D eigenvalue weighted by molar-refractivity contribution is 9.10. The molecule has 1 heterocycles. The van der Waals surface area contributed by atoms with Crippen molar-refractivity contribution in [3.05, 3.63) is 56.1 Å². The Balaban J connectivity index is 2.06. The van der Waals surface area contributed by atoms with E-state index in [9.17, 15) is 10.1 Å². The van der Waals surface area contributed by atoms with E-state index in [1.807, 2.05) is 6.07 Å². The van der Waals surface area contributed by atoms with Crippen molar-refractivity contribution < 1.29 is 23.7 Å². The van der Waals surface area contributed by atoms with Gasteiger partial charge in [-0.3, -0.25) is 4.79 Å². The number of rotatable bonds is 11. The number of pyridine rings is 1. The molecule has 9 nitrogen and oxygen atoms in total. The third-order valence-electron chi connectivity index (χ3n) is 4.11. The maximum atomic E-state index is 12.2. The first-order valence-corrected chi connectivity index (χ1v) is 11.1. The van der Waals surface area contributed by atoms with Crippen LogP contribution in [0.25, 0.3) is 0 Å². The van der Waals surface area contributed by atoms with Crippen molar-refractivity contribution in [3.8, 4) is 23.4 Å². The van der Waals surface area contributed by atoms with Crippen LogP contribution in [-0.2, 0) is 16.1 Å². The number of ether oxygens (including phenoxy) is 4. The van der Waals surface area contributed by atoms with E-state index in [1.165, 1.54) is 20.4 Å². The van der Waals surface area contributed by atoms with Crippen molar-refractivity contribution in [2.45, 2.75) is 13.5 Å². The lowest BCUT2D eigenvalue weighted by Crippen LogP contribution is -2.25. The van der Waals surface area contributed by atoms with E-state index in [0.29, 0.717) is 43.9 Å². The van der Waals surface area contributed by atoms with E-state index < -0.39 is 5.91 Å². The Morgan fingerprint density at radius 2 is 2.09 bits per heavy atom. The van der Waals surface area contributed by atoms with Gasteiger partial charge in [0.15, 0.2) is 18.1 Å². The molecular weight excluding hydrogens is 560 g/mol. The van der Waals surface area contributed by atoms with E-state index in [4.69, 9.17) is 18.9 Å². The normalized spacial score (nSPS) is 10.5. The fourth-order valence-corrected chi connectivity index (χ4v) is 3.63. The summed E-state index contributed by atoms with van der Waals surface area (Å²) in [4.78, 5) is 16.4. The summed E-state index contributed by atoms with van der Waals surface area (Å²) < 4.78 is 22.9. The summed E-state index contributed by atoms with van der Waals surface area (Å²) in [5, 5.41) is 13.4. The number of halogens is 2. The quantitative estimate of drug-likeness (QED) is 0.242. The van der Waals surface area contributed by atoms with Crippen LogP contribution in [0, 0.1) is 18.3 Å². The van der Waals surface area contributed by atoms with Crippen molar-refractivity contribution in [2.24, 2.45) is 5.10 Å². The average Bonchev–Trinajstić information content (AvgIpc) is 2.80. The minimum absolute atomic E-state index is 0.0492. The van der Waals surface area contributed by atoms with Crippen LogP contribution in [-0.4, -0.2) is 44.5 Å². The maximum absolute atomic E-state index is 12.2. The molecule has 11 heteroatoms. The fourth-order valence-electron chi connectivity index (χ4n) is 2.66. The van der Waals surface area contributed by atoms with E-state index >= 15 is 0 Å². The van der Waals surface area contributed by atoms with E-state index in [2.05, 4.69) is 54.0 Å². The number of carbonyl (C=O) groups is 1. The van der Waals surface area contributed by atoms with Crippen LogP contribution in [0.4, 0.5) is 0 Å². The van der Waals surface area contributed by atoms with Crippen LogP contribution in [0.1, 0.15) is 22.4 Å². The van der Waals surface area contributed by atoms with Crippen molar-refractivity contribution >= 4 is 44.0 Å². The minimum Gasteiger partial charge on any atom is -0.493 e. The summed E-state index contributed by atoms with van der Waals surface area (Å²) in [5.74, 6) is 0.552. The van der Waals surface area contributed by atoms with Crippen LogP contribution >= 0.6 is 31.9 Å². The van der Waals surface area contributed by atoms with Crippen LogP contribution in [0.3, 0.4) is 0 Å². The van der Waals surface area contributed by atoms with Crippen LogP contribution in [0.5, 0.6) is 17.4 Å². The summed E-state index contributed by atoms with van der Waals surface area (Å²) in [5.41, 5.74) is 4.43. The van der Waals surface area contributed by atoms with Gasteiger partial charge in [0.25, 0.3) is 5.91 Å². The summed E-state index contributed by atoms with van der Waals surface area (Å²) in [6, 6.07) is 5.52. The number of benzene rings is 1. The van der Waals surface area contributed by atoms with Gasteiger partial charge in [-0.25, -0.2) is 10.4 Å². The molecule has 0 aliphatic carbocycles. The van der Waals surface area contributed by atoms with Gasteiger partial charge in [0.1, 0.15) is 18.2 Å². The van der Waals surface area contributed by atoms with E-state index in [1.54, 1.807) is 25.1 Å². The zero-order valence-corrected chi connectivity index (χ0v) is 21.4. The number of nitrogens with one attached hydrogen (secondary N) is 1. The van der Waals surface area contributed by atoms with Crippen molar-refractivity contribution in [2.75, 3.05) is 27.4 Å². The molecule has 0 aliphatic heterocycles. The molecule has 2 rings (SSSR count). The van der Waals surface area contributed by atoms with Crippen LogP contribution in [0.15, 0.2) is 38.8 Å². The lowest BCUT2D eigenvalue weighted by molar-refractivity contribution is -0.123. The molecule has 1 amide bonds. The Morgan fingerprint density at radius 3 is 2.73 bits per heavy atom. The van der Waals surface area contributed by atoms with Gasteiger partial charge < -0.3 is 18.9 Å². The van der Waals surface area contributed by atoms with E-state index in [0.717, 1.165) is 0 Å². The number of aryl methyl sites for hydroxylation is 1. The Hall–Kier alpha value is -2.94. The zero-order valence-electron chi connectivity index (χ0n) is 18.3. The number of methoxy groups -OCH3 is 2. The molecule has 0 radical (unpaired) electrons. The van der Waals surface area contributed by atoms with Gasteiger partial charge in [0.05, 0.1) is 30.1 Å². The topological polar surface area (TPSA) is 115 Å². The Morgan fingerprint density at radius 1 is 1.33 bits per heavy atom. The number of aromatic nitrogens is 1. The SMILES string of the molecule is C=CCOc1c(Br)cc(C=NNC(=O)COc2nc(C)c(Br)c(COC)c2C#N)cc1OC. The summed E-state index contributed by atoms with van der Waals surface area (Å²) in [6.45, 7) is 5.51. The molecule has 0 spiro atoms. The zero-order chi connectivity index (χ0) is 24.4. The first-order valence-electron chi connectivity index (χ1n) is 9.50. The van der Waals surface area contributed by atoms with Gasteiger partial charge in [-0.05, 0) is 56.5 Å². The number of hydrogen-bond donors (Lipinski definition) is 1. The van der Waals surface area contributed by atoms with Gasteiger partial charge in [0, 0.05) is 17.1 Å². The lowest BCUT2D eigenvalue weighted by atomic mass is 10.1. The first-order chi connectivity index (χ1) is 15.9. The standard InChI is InChI=1S/C22H22Br2N4O5/c1-5-6-32-21-17(23)7-14(8-18(21)31-4)10-26-28-19(29)12-33-22-15(9-25)16(11-30-3)20(24)13(2)27-22/h5,7-8,10H,1,6,11-12H2,2-4H3,(H,28,29). The Bertz CT molecular complexity index is 1100. The molecule has 0 atom stereocenters. The van der Waals surface area contributed by atoms with Gasteiger partial charge in [-0.1, -0.05) is 12.7 Å².